The number of hydrogen-bond acceptors (Lipinski definition) is 9. The Hall–Kier alpha value is -4.36. The maximum Gasteiger partial charge on any atom is 0.417 e. The first-order chi connectivity index (χ1) is 24.7. The Labute approximate surface area is 299 Å². The summed E-state index contributed by atoms with van der Waals surface area (Å²) in [4.78, 5) is 27.2. The highest BCUT2D eigenvalue weighted by Gasteiger charge is 2.49. The van der Waals surface area contributed by atoms with E-state index in [1.807, 2.05) is 17.9 Å². The number of likely N-dealkylation sites (N-methyl/N-ethyl adjacent to an activating group) is 1. The van der Waals surface area contributed by atoms with Crippen LogP contribution in [0, 0.1) is 23.0 Å². The monoisotopic (exact) mass is 745 g/mol. The summed E-state index contributed by atoms with van der Waals surface area (Å²) in [6.45, 7) is 5.01. The number of thiophene rings is 1. The summed E-state index contributed by atoms with van der Waals surface area (Å²) in [5.41, 5.74) is 1.91. The van der Waals surface area contributed by atoms with Crippen LogP contribution in [-0.4, -0.2) is 82.8 Å². The maximum atomic E-state index is 17.2. The topological polar surface area (TPSA) is 112 Å². The van der Waals surface area contributed by atoms with Crippen molar-refractivity contribution >= 4 is 49.1 Å². The summed E-state index contributed by atoms with van der Waals surface area (Å²) in [6, 6.07) is 3.51. The van der Waals surface area contributed by atoms with Crippen molar-refractivity contribution in [2.75, 3.05) is 43.9 Å². The molecule has 2 aromatic carbocycles. The average Bonchev–Trinajstić information content (AvgIpc) is 3.87. The molecule has 3 aliphatic rings. The summed E-state index contributed by atoms with van der Waals surface area (Å²) in [7, 11) is 1.64. The SMILES string of the molecule is CCC(=O)N1CC[C@@H](N(C)c2nc(OC[C@@]34CCCN3C[C@H](F)C4)nc3c(F)c(-c4ccc(F)c5sc(N)c(C#N)c45)c(C(F)(F)F)cc23)[C@H]1CC. The number of amides is 1. The fourth-order valence-corrected chi connectivity index (χ4v) is 9.57. The van der Waals surface area contributed by atoms with Crippen LogP contribution < -0.4 is 15.4 Å². The molecule has 4 atom stereocenters. The second kappa shape index (κ2) is 13.2. The van der Waals surface area contributed by atoms with Crippen LogP contribution in [0.15, 0.2) is 18.2 Å². The van der Waals surface area contributed by atoms with Gasteiger partial charge in [-0.1, -0.05) is 19.9 Å². The number of hydrogen-bond donors (Lipinski definition) is 1. The Balaban J connectivity index is 1.45. The van der Waals surface area contributed by atoms with Gasteiger partial charge in [-0.3, -0.25) is 9.69 Å². The Morgan fingerprint density at radius 1 is 1.23 bits per heavy atom. The Kier molecular flexibility index (Phi) is 9.17. The Morgan fingerprint density at radius 3 is 2.69 bits per heavy atom. The number of benzene rings is 2. The zero-order valence-corrected chi connectivity index (χ0v) is 29.6. The third kappa shape index (κ3) is 5.76. The lowest BCUT2D eigenvalue weighted by Gasteiger charge is -2.34. The normalized spacial score (nSPS) is 23.5. The number of carbonyl (C=O) groups excluding carboxylic acids is 1. The predicted octanol–water partition coefficient (Wildman–Crippen LogP) is 7.44. The number of alkyl halides is 4. The molecule has 276 valence electrons. The lowest BCUT2D eigenvalue weighted by Crippen LogP contribution is -2.45. The Morgan fingerprint density at radius 2 is 2.00 bits per heavy atom. The molecular formula is C36H37F6N7O2S. The largest absolute Gasteiger partial charge is 0.461 e. The predicted molar refractivity (Wildman–Crippen MR) is 186 cm³/mol. The van der Waals surface area contributed by atoms with Crippen molar-refractivity contribution in [1.29, 1.82) is 5.26 Å². The average molecular weight is 746 g/mol. The van der Waals surface area contributed by atoms with E-state index in [1.165, 1.54) is 0 Å². The highest BCUT2D eigenvalue weighted by Crippen LogP contribution is 2.48. The number of nitrogen functional groups attached to an aromatic ring is 1. The molecule has 9 nitrogen and oxygen atoms in total. The lowest BCUT2D eigenvalue weighted by atomic mass is 9.92. The second-order valence-electron chi connectivity index (χ2n) is 13.8. The number of fused-ring (bicyclic) bond motifs is 3. The molecule has 3 aliphatic heterocycles. The minimum absolute atomic E-state index is 0.0186. The number of aromatic nitrogens is 2. The molecule has 3 fully saturated rings. The molecule has 0 aliphatic carbocycles. The fourth-order valence-electron chi connectivity index (χ4n) is 8.62. The van der Waals surface area contributed by atoms with E-state index in [2.05, 4.69) is 9.97 Å². The van der Waals surface area contributed by atoms with Crippen molar-refractivity contribution in [3.8, 4) is 23.2 Å². The first-order valence-electron chi connectivity index (χ1n) is 17.3. The molecule has 0 saturated carbocycles. The zero-order chi connectivity index (χ0) is 37.3. The fraction of sp³-hybridized carbons (Fsp3) is 0.500. The van der Waals surface area contributed by atoms with Gasteiger partial charge in [-0.15, -0.1) is 11.3 Å². The van der Waals surface area contributed by atoms with Crippen LogP contribution in [0.1, 0.15) is 63.5 Å². The molecule has 52 heavy (non-hydrogen) atoms. The molecule has 5 heterocycles. The van der Waals surface area contributed by atoms with Gasteiger partial charge in [-0.2, -0.15) is 28.4 Å². The number of nitrogens with zero attached hydrogens (tertiary/aromatic N) is 6. The summed E-state index contributed by atoms with van der Waals surface area (Å²) in [6.07, 6.45) is -3.14. The number of likely N-dealkylation sites (tertiary alicyclic amines) is 1. The summed E-state index contributed by atoms with van der Waals surface area (Å²) in [5, 5.41) is 9.24. The molecule has 16 heteroatoms. The summed E-state index contributed by atoms with van der Waals surface area (Å²) in [5.74, 6) is -2.30. The van der Waals surface area contributed by atoms with Crippen LogP contribution in [0.4, 0.5) is 37.2 Å². The quantitative estimate of drug-likeness (QED) is 0.185. The number of nitrogens with two attached hydrogens (primary N) is 1. The molecule has 0 spiro atoms. The van der Waals surface area contributed by atoms with Crippen LogP contribution in [0.25, 0.3) is 32.1 Å². The van der Waals surface area contributed by atoms with E-state index in [4.69, 9.17) is 10.5 Å². The van der Waals surface area contributed by atoms with Crippen LogP contribution in [0.2, 0.25) is 0 Å². The van der Waals surface area contributed by atoms with Gasteiger partial charge < -0.3 is 20.3 Å². The number of halogens is 6. The van der Waals surface area contributed by atoms with Gasteiger partial charge in [0.1, 0.15) is 41.0 Å². The van der Waals surface area contributed by atoms with Crippen molar-refractivity contribution in [1.82, 2.24) is 19.8 Å². The molecule has 0 unspecified atom stereocenters. The van der Waals surface area contributed by atoms with Crippen LogP contribution >= 0.6 is 11.3 Å². The number of nitriles is 1. The van der Waals surface area contributed by atoms with E-state index in [9.17, 15) is 18.8 Å². The van der Waals surface area contributed by atoms with Gasteiger partial charge >= 0.3 is 12.2 Å². The number of ether oxygens (including phenoxy) is 1. The number of anilines is 2. The van der Waals surface area contributed by atoms with Crippen molar-refractivity contribution in [3.63, 3.8) is 0 Å². The van der Waals surface area contributed by atoms with Crippen molar-refractivity contribution in [2.24, 2.45) is 0 Å². The smallest absolute Gasteiger partial charge is 0.417 e. The van der Waals surface area contributed by atoms with Gasteiger partial charge in [-0.25, -0.2) is 13.2 Å². The standard InChI is InChI=1S/C36H37F6N7O2S/c1-4-24-25(9-12-49(24)26(50)5-2)47(3)33-20-13-22(36(40,41)42)28(19-7-8-23(38)31-27(19)21(15-43)32(44)52-31)29(39)30(20)45-34(46-33)51-17-35-10-6-11-48(35)16-18(37)14-35/h7-8,13,18,24-25H,4-6,9-12,14,16-17,44H2,1-3H3/t18-,24-,25-,35+/m1/s1. The third-order valence-corrected chi connectivity index (χ3v) is 12.0. The molecule has 1 amide bonds. The Bertz CT molecular complexity index is 2120. The highest BCUT2D eigenvalue weighted by atomic mass is 32.1. The molecule has 0 radical (unpaired) electrons. The van der Waals surface area contributed by atoms with E-state index in [0.29, 0.717) is 43.7 Å². The highest BCUT2D eigenvalue weighted by molar-refractivity contribution is 7.23. The molecular weight excluding hydrogens is 708 g/mol. The zero-order valence-electron chi connectivity index (χ0n) is 28.8. The molecule has 4 aromatic rings. The van der Waals surface area contributed by atoms with E-state index >= 15 is 17.6 Å². The summed E-state index contributed by atoms with van der Waals surface area (Å²) >= 11 is 0.682. The van der Waals surface area contributed by atoms with E-state index < -0.39 is 52.2 Å². The molecule has 0 bridgehead atoms. The van der Waals surface area contributed by atoms with Gasteiger partial charge in [-0.05, 0) is 49.9 Å². The summed E-state index contributed by atoms with van der Waals surface area (Å²) < 4.78 is 97.9. The van der Waals surface area contributed by atoms with Gasteiger partial charge in [0.15, 0.2) is 5.82 Å². The minimum Gasteiger partial charge on any atom is -0.461 e. The molecule has 2 N–H and O–H groups in total. The maximum absolute atomic E-state index is 17.2. The second-order valence-corrected chi connectivity index (χ2v) is 14.9. The number of rotatable bonds is 8. The van der Waals surface area contributed by atoms with Gasteiger partial charge in [0.2, 0.25) is 5.91 Å². The van der Waals surface area contributed by atoms with E-state index in [0.717, 1.165) is 24.6 Å². The van der Waals surface area contributed by atoms with Crippen molar-refractivity contribution < 1.29 is 35.9 Å². The minimum atomic E-state index is -5.12. The number of carbonyl (C=O) groups is 1. The van der Waals surface area contributed by atoms with Gasteiger partial charge in [0, 0.05) is 49.3 Å². The van der Waals surface area contributed by atoms with Crippen molar-refractivity contribution in [2.45, 2.75) is 82.3 Å². The third-order valence-electron chi connectivity index (χ3n) is 11.0. The lowest BCUT2D eigenvalue weighted by molar-refractivity contribution is -0.137. The van der Waals surface area contributed by atoms with Gasteiger partial charge in [0.05, 0.1) is 33.4 Å². The van der Waals surface area contributed by atoms with Crippen LogP contribution in [0.3, 0.4) is 0 Å². The molecule has 7 rings (SSSR count). The van der Waals surface area contributed by atoms with Crippen LogP contribution in [0.5, 0.6) is 6.01 Å². The van der Waals surface area contributed by atoms with Gasteiger partial charge in [0.25, 0.3) is 0 Å². The van der Waals surface area contributed by atoms with E-state index in [1.54, 1.807) is 23.8 Å². The van der Waals surface area contributed by atoms with Crippen molar-refractivity contribution in [3.05, 3.63) is 41.0 Å². The first-order valence-corrected chi connectivity index (χ1v) is 18.1. The van der Waals surface area contributed by atoms with E-state index in [-0.39, 0.29) is 81.4 Å². The first kappa shape index (κ1) is 36.0. The van der Waals surface area contributed by atoms with Crippen LogP contribution in [-0.2, 0) is 11.0 Å². The molecule has 2 aromatic heterocycles. The molecule has 3 saturated heterocycles.